The van der Waals surface area contributed by atoms with Crippen LogP contribution in [0.15, 0.2) is 102 Å². The number of pyridine rings is 1. The summed E-state index contributed by atoms with van der Waals surface area (Å²) in [6.45, 7) is 12.7. The molecule has 3 atom stereocenters. The smallest absolute Gasteiger partial charge is 0.293 e. The summed E-state index contributed by atoms with van der Waals surface area (Å²) in [5, 5.41) is 26.2. The van der Waals surface area contributed by atoms with Crippen LogP contribution in [0.1, 0.15) is 118 Å². The lowest BCUT2D eigenvalue weighted by Crippen LogP contribution is -2.60. The van der Waals surface area contributed by atoms with Crippen molar-refractivity contribution in [1.29, 1.82) is 0 Å². The van der Waals surface area contributed by atoms with E-state index in [1.165, 1.54) is 35.0 Å². The molecular formula is C62H74FN9O9S. The molecule has 1 amide bonds. The maximum atomic E-state index is 15.4. The van der Waals surface area contributed by atoms with Gasteiger partial charge >= 0.3 is 0 Å². The molecule has 18 nitrogen and oxygen atoms in total. The van der Waals surface area contributed by atoms with Gasteiger partial charge in [-0.2, -0.15) is 4.98 Å². The summed E-state index contributed by atoms with van der Waals surface area (Å²) in [6, 6.07) is 28.3. The van der Waals surface area contributed by atoms with Gasteiger partial charge < -0.3 is 39.4 Å². The first kappa shape index (κ1) is 55.7. The van der Waals surface area contributed by atoms with Gasteiger partial charge in [0.15, 0.2) is 0 Å². The molecule has 0 unspecified atom stereocenters. The molecule has 6 aromatic rings. The van der Waals surface area contributed by atoms with Crippen LogP contribution in [0.25, 0.3) is 11.0 Å². The number of fused-ring (bicyclic) bond motifs is 3. The molecule has 6 heterocycles. The molecule has 4 N–H and O–H groups in total. The zero-order valence-electron chi connectivity index (χ0n) is 47.1. The number of ether oxygens (including phenoxy) is 3. The molecule has 2 aliphatic carbocycles. The van der Waals surface area contributed by atoms with Crippen molar-refractivity contribution in [3.8, 4) is 11.6 Å². The number of benzene rings is 4. The van der Waals surface area contributed by atoms with Crippen molar-refractivity contribution < 1.29 is 41.8 Å². The van der Waals surface area contributed by atoms with E-state index < -0.39 is 55.0 Å². The number of piperazine rings is 1. The Hall–Kier alpha value is -6.84. The van der Waals surface area contributed by atoms with Gasteiger partial charge in [-0.15, -0.1) is 0 Å². The second-order valence-electron chi connectivity index (χ2n) is 24.4. The van der Waals surface area contributed by atoms with E-state index in [2.05, 4.69) is 80.0 Å². The standard InChI is InChI=1S/C62H74FN9O9S/c1-39(2)46-7-5-6-8-47(46)56-37-68(36-41-9-12-44(79-4)13-10-41)26-27-70(56)43-32-62(33-43)22-24-69(25-23-62)42-11-15-48(53(29-42)71-52-19-28-80-38-57(52)81-60-55(71)31-49-50(63)35-65-58(49)66-60)59(73)67-82(77,78)45-14-16-51(54(30-45)72(75)76)64-34-40-17-20-61(3,74)21-18-40/h5-16,29-31,35,39-40,43,52,56-57,64,74H,17-28,32-34,36-38H2,1-4H3,(H,65,66)(H,67,73)/t40?,52-,56-,57-,61?/m0/s1. The number of rotatable bonds is 15. The zero-order valence-corrected chi connectivity index (χ0v) is 47.9. The van der Waals surface area contributed by atoms with E-state index in [-0.39, 0.29) is 52.1 Å². The number of halogens is 1. The highest BCUT2D eigenvalue weighted by Gasteiger charge is 2.50. The molecule has 4 aliphatic heterocycles. The number of H-pyrrole nitrogens is 1. The Balaban J connectivity index is 0.805. The van der Waals surface area contributed by atoms with Crippen LogP contribution in [0, 0.1) is 27.3 Å². The summed E-state index contributed by atoms with van der Waals surface area (Å²) >= 11 is 0. The lowest BCUT2D eigenvalue weighted by Gasteiger charge is -2.58. The van der Waals surface area contributed by atoms with Crippen molar-refractivity contribution in [2.75, 3.05) is 74.7 Å². The van der Waals surface area contributed by atoms with E-state index in [0.717, 1.165) is 95.3 Å². The molecule has 12 rings (SSSR count). The van der Waals surface area contributed by atoms with Crippen molar-refractivity contribution in [2.45, 2.75) is 126 Å². The second kappa shape index (κ2) is 22.4. The van der Waals surface area contributed by atoms with Gasteiger partial charge in [-0.3, -0.25) is 24.7 Å². The number of carbonyl (C=O) groups is 1. The van der Waals surface area contributed by atoms with Gasteiger partial charge in [0.1, 0.15) is 34.7 Å². The van der Waals surface area contributed by atoms with Gasteiger partial charge in [0, 0.05) is 82.5 Å². The highest BCUT2D eigenvalue weighted by molar-refractivity contribution is 7.90. The number of amides is 1. The van der Waals surface area contributed by atoms with Crippen molar-refractivity contribution in [3.63, 3.8) is 0 Å². The second-order valence-corrected chi connectivity index (χ2v) is 26.0. The van der Waals surface area contributed by atoms with E-state index in [4.69, 9.17) is 19.2 Å². The van der Waals surface area contributed by atoms with Gasteiger partial charge in [0.25, 0.3) is 21.6 Å². The molecule has 6 aliphatic rings. The highest BCUT2D eigenvalue weighted by atomic mass is 32.2. The molecule has 4 aromatic carbocycles. The summed E-state index contributed by atoms with van der Waals surface area (Å²) in [6.07, 6.45) is 8.06. The average molecular weight is 1140 g/mol. The maximum Gasteiger partial charge on any atom is 0.293 e. The quantitative estimate of drug-likeness (QED) is 0.0557. The van der Waals surface area contributed by atoms with E-state index in [9.17, 15) is 28.4 Å². The molecule has 20 heteroatoms. The predicted octanol–water partition coefficient (Wildman–Crippen LogP) is 10.2. The molecule has 5 fully saturated rings. The van der Waals surface area contributed by atoms with Crippen LogP contribution in [0.4, 0.5) is 32.8 Å². The van der Waals surface area contributed by atoms with Gasteiger partial charge in [0.2, 0.25) is 5.88 Å². The third-order valence-electron chi connectivity index (χ3n) is 18.7. The molecular weight excluding hydrogens is 1070 g/mol. The van der Waals surface area contributed by atoms with Crippen molar-refractivity contribution in [2.24, 2.45) is 11.3 Å². The van der Waals surface area contributed by atoms with Gasteiger partial charge in [-0.1, -0.05) is 50.2 Å². The SMILES string of the molecule is COc1ccc(CN2CCN(C3CC4(CCN(c5ccc(C(=O)NS(=O)(=O)c6ccc(NCC7CCC(C)(O)CC7)c([N+](=O)[O-])c6)c(N6c7cc8c(F)c[nH]c8nc7O[C@H]7COCC[C@@H]76)c5)CC4)C3)[C@H](c3ccccc3C(C)C)C2)cc1. The Labute approximate surface area is 478 Å². The molecule has 2 aromatic heterocycles. The molecule has 3 saturated heterocycles. The summed E-state index contributed by atoms with van der Waals surface area (Å²) in [5.41, 5.74) is 5.17. The van der Waals surface area contributed by atoms with E-state index >= 15 is 4.39 Å². The fourth-order valence-electron chi connectivity index (χ4n) is 13.9. The maximum absolute atomic E-state index is 15.4. The predicted molar refractivity (Wildman–Crippen MR) is 312 cm³/mol. The number of nitro benzene ring substituents is 1. The van der Waals surface area contributed by atoms with Crippen LogP contribution in [0.5, 0.6) is 11.6 Å². The molecule has 82 heavy (non-hydrogen) atoms. The Bertz CT molecular complexity index is 3460. The number of sulfonamides is 1. The number of nitrogens with zero attached hydrogens (tertiary/aromatic N) is 6. The largest absolute Gasteiger partial charge is 0.497 e. The van der Waals surface area contributed by atoms with Crippen molar-refractivity contribution in [3.05, 3.63) is 135 Å². The van der Waals surface area contributed by atoms with Crippen LogP contribution in [0.2, 0.25) is 0 Å². The average Bonchev–Trinajstić information content (AvgIpc) is 3.74. The van der Waals surface area contributed by atoms with E-state index in [1.54, 1.807) is 19.2 Å². The Morgan fingerprint density at radius 2 is 1.73 bits per heavy atom. The third-order valence-corrected chi connectivity index (χ3v) is 20.0. The number of carbonyl (C=O) groups excluding carboxylic acids is 1. The number of nitro groups is 1. The summed E-state index contributed by atoms with van der Waals surface area (Å²) < 4.78 is 64.0. The number of nitrogens with one attached hydrogen (secondary N) is 3. The molecule has 0 radical (unpaired) electrons. The molecule has 2 saturated carbocycles. The molecule has 434 valence electrons. The van der Waals surface area contributed by atoms with Crippen LogP contribution < -0.4 is 29.3 Å². The Kier molecular flexibility index (Phi) is 15.2. The van der Waals surface area contributed by atoms with E-state index in [0.29, 0.717) is 55.7 Å². The van der Waals surface area contributed by atoms with Gasteiger partial charge in [0.05, 0.1) is 51.8 Å². The first-order valence-corrected chi connectivity index (χ1v) is 30.5. The van der Waals surface area contributed by atoms with Crippen LogP contribution in [-0.2, 0) is 21.3 Å². The number of piperidine rings is 1. The summed E-state index contributed by atoms with van der Waals surface area (Å²) in [5.74, 6) is 0.162. The third kappa shape index (κ3) is 11.1. The number of aliphatic hydroxyl groups is 1. The lowest BCUT2D eigenvalue weighted by molar-refractivity contribution is -0.384. The molecule has 0 bridgehead atoms. The van der Waals surface area contributed by atoms with Crippen molar-refractivity contribution >= 4 is 55.4 Å². The number of aromatic amines is 1. The lowest BCUT2D eigenvalue weighted by atomic mass is 9.59. The fourth-order valence-corrected chi connectivity index (χ4v) is 14.9. The Morgan fingerprint density at radius 3 is 2.48 bits per heavy atom. The van der Waals surface area contributed by atoms with Crippen LogP contribution >= 0.6 is 0 Å². The number of hydrogen-bond acceptors (Lipinski definition) is 15. The minimum atomic E-state index is -4.69. The van der Waals surface area contributed by atoms with Crippen LogP contribution in [-0.4, -0.2) is 128 Å². The minimum absolute atomic E-state index is 0.0207. The molecule has 1 spiro atoms. The minimum Gasteiger partial charge on any atom is -0.497 e. The monoisotopic (exact) mass is 1140 g/mol. The van der Waals surface area contributed by atoms with Crippen molar-refractivity contribution in [1.82, 2.24) is 24.5 Å². The van der Waals surface area contributed by atoms with Gasteiger partial charge in [-0.05, 0) is 147 Å². The number of aromatic nitrogens is 2. The first-order chi connectivity index (χ1) is 39.4. The number of methoxy groups -OCH3 is 1. The summed E-state index contributed by atoms with van der Waals surface area (Å²) in [7, 11) is -3.00. The topological polar surface area (TPSA) is 208 Å². The van der Waals surface area contributed by atoms with E-state index in [1.807, 2.05) is 36.1 Å². The summed E-state index contributed by atoms with van der Waals surface area (Å²) in [4.78, 5) is 43.4. The normalized spacial score (nSPS) is 24.1. The number of anilines is 4. The highest BCUT2D eigenvalue weighted by Crippen LogP contribution is 2.54. The zero-order chi connectivity index (χ0) is 57.1. The fraction of sp³-hybridized carbons (Fsp3) is 0.484. The first-order valence-electron chi connectivity index (χ1n) is 29.1. The van der Waals surface area contributed by atoms with Crippen LogP contribution in [0.3, 0.4) is 0 Å². The van der Waals surface area contributed by atoms with Gasteiger partial charge in [-0.25, -0.2) is 17.5 Å². The Morgan fingerprint density at radius 1 is 0.963 bits per heavy atom. The number of hydrogen-bond donors (Lipinski definition) is 4.